The minimum atomic E-state index is -4.68. The van der Waals surface area contributed by atoms with Crippen molar-refractivity contribution in [2.45, 2.75) is 0 Å². The Kier molecular flexibility index (Phi) is 3.33. The van der Waals surface area contributed by atoms with E-state index < -0.39 is 22.5 Å². The van der Waals surface area contributed by atoms with Crippen LogP contribution >= 0.6 is 0 Å². The minimum Gasteiger partial charge on any atom is -0.326 e. The number of hydrogen-bond donors (Lipinski definition) is 0. The van der Waals surface area contributed by atoms with Gasteiger partial charge >= 0.3 is 22.5 Å². The Balaban J connectivity index is 4.42. The van der Waals surface area contributed by atoms with Gasteiger partial charge in [-0.25, -0.2) is 4.18 Å². The van der Waals surface area contributed by atoms with Gasteiger partial charge in [0.05, 0.1) is 7.11 Å². The minimum absolute atomic E-state index is 0.638. The zero-order valence-corrected chi connectivity index (χ0v) is 5.99. The fourth-order valence-corrected chi connectivity index (χ4v) is 0.465. The Hall–Kier alpha value is -0.760. The van der Waals surface area contributed by atoms with E-state index in [1.807, 2.05) is 0 Å². The molecule has 0 aliphatic carbocycles. The van der Waals surface area contributed by atoms with Crippen LogP contribution in [0.2, 0.25) is 0 Å². The van der Waals surface area contributed by atoms with Crippen molar-refractivity contribution >= 4 is 10.4 Å². The van der Waals surface area contributed by atoms with Crippen LogP contribution in [0.1, 0.15) is 0 Å². The monoisotopic (exact) mass is 192 g/mol. The van der Waals surface area contributed by atoms with E-state index >= 15 is 0 Å². The molecular weight excluding hydrogens is 189 g/mol. The molecule has 0 aromatic rings. The van der Waals surface area contributed by atoms with Gasteiger partial charge in [0.1, 0.15) is 0 Å². The summed E-state index contributed by atoms with van der Waals surface area (Å²) in [6.45, 7) is 0. The topological polar surface area (TPSA) is 52.6 Å². The molecule has 0 heterocycles. The van der Waals surface area contributed by atoms with E-state index in [-0.39, 0.29) is 0 Å². The lowest BCUT2D eigenvalue weighted by atomic mass is 11.0. The van der Waals surface area contributed by atoms with Gasteiger partial charge < -0.3 is 4.18 Å². The number of hydrogen-bond acceptors (Lipinski definition) is 4. The molecule has 0 N–H and O–H groups in total. The molecule has 0 aromatic carbocycles. The van der Waals surface area contributed by atoms with Crippen molar-refractivity contribution in [3.8, 4) is 0 Å². The third-order valence-corrected chi connectivity index (χ3v) is 1.29. The highest BCUT2D eigenvalue weighted by molar-refractivity contribution is 7.81. The van der Waals surface area contributed by atoms with Crippen LogP contribution < -0.4 is 0 Å². The van der Waals surface area contributed by atoms with Crippen molar-refractivity contribution in [1.82, 2.24) is 0 Å². The summed E-state index contributed by atoms with van der Waals surface area (Å²) in [7, 11) is -4.04. The molecule has 0 aliphatic heterocycles. The van der Waals surface area contributed by atoms with E-state index in [0.717, 1.165) is 0 Å². The molecule has 0 aliphatic rings. The van der Waals surface area contributed by atoms with E-state index in [9.17, 15) is 21.6 Å². The van der Waals surface area contributed by atoms with Crippen LogP contribution in [0, 0.1) is 0 Å². The Labute approximate surface area is 60.5 Å². The summed E-state index contributed by atoms with van der Waals surface area (Å²) >= 11 is 0. The number of rotatable bonds is 3. The predicted octanol–water partition coefficient (Wildman–Crippen LogP) is 0.929. The van der Waals surface area contributed by atoms with Crippen LogP contribution in [0.5, 0.6) is 0 Å². The van der Waals surface area contributed by atoms with Crippen LogP contribution in [-0.2, 0) is 18.8 Å². The molecule has 0 rings (SSSR count). The van der Waals surface area contributed by atoms with Crippen LogP contribution in [-0.4, -0.2) is 15.5 Å². The van der Waals surface area contributed by atoms with Crippen molar-refractivity contribution < 1.29 is 30.0 Å². The molecule has 0 fully saturated rings. The van der Waals surface area contributed by atoms with Gasteiger partial charge in [-0.05, 0) is 0 Å². The van der Waals surface area contributed by atoms with Crippen molar-refractivity contribution in [3.05, 3.63) is 12.1 Å². The first-order valence-electron chi connectivity index (χ1n) is 2.10. The van der Waals surface area contributed by atoms with Crippen molar-refractivity contribution in [3.63, 3.8) is 0 Å². The molecule has 0 bridgehead atoms. The zero-order chi connectivity index (χ0) is 9.07. The lowest BCUT2D eigenvalue weighted by Crippen LogP contribution is -2.05. The van der Waals surface area contributed by atoms with Crippen LogP contribution in [0.25, 0.3) is 0 Å². The molecule has 0 atom stereocenters. The fraction of sp³-hybridized carbons (Fsp3) is 0.333. The average molecular weight is 192 g/mol. The summed E-state index contributed by atoms with van der Waals surface area (Å²) < 4.78 is 60.7. The summed E-state index contributed by atoms with van der Waals surface area (Å²) in [6, 6.07) is -2.49. The second kappa shape index (κ2) is 3.58. The molecule has 0 saturated carbocycles. The summed E-state index contributed by atoms with van der Waals surface area (Å²) in [6.07, 6.45) is -2.87. The maximum atomic E-state index is 11.7. The zero-order valence-electron chi connectivity index (χ0n) is 5.18. The van der Waals surface area contributed by atoms with Gasteiger partial charge in [-0.3, -0.25) is 0 Å². The molecule has 0 spiro atoms. The number of halogens is 3. The van der Waals surface area contributed by atoms with Crippen molar-refractivity contribution in [1.29, 1.82) is 0 Å². The van der Waals surface area contributed by atoms with Gasteiger partial charge in [0.25, 0.3) is 0 Å². The largest absolute Gasteiger partial charge is 0.451 e. The van der Waals surface area contributed by atoms with E-state index in [1.54, 1.807) is 0 Å². The Bertz CT molecular complexity index is 252. The maximum Gasteiger partial charge on any atom is 0.451 e. The molecule has 8 heteroatoms. The highest BCUT2D eigenvalue weighted by Crippen LogP contribution is 2.13. The molecule has 0 radical (unpaired) electrons. The first kappa shape index (κ1) is 10.2. The quantitative estimate of drug-likeness (QED) is 0.624. The molecule has 4 nitrogen and oxygen atoms in total. The van der Waals surface area contributed by atoms with Gasteiger partial charge in [0.2, 0.25) is 0 Å². The molecule has 0 unspecified atom stereocenters. The van der Waals surface area contributed by atoms with Crippen LogP contribution in [0.3, 0.4) is 0 Å². The lowest BCUT2D eigenvalue weighted by molar-refractivity contribution is 0.209. The van der Waals surface area contributed by atoms with E-state index in [1.165, 1.54) is 0 Å². The fourth-order valence-electron chi connectivity index (χ4n) is 0.155. The summed E-state index contributed by atoms with van der Waals surface area (Å²) in [4.78, 5) is 0. The molecule has 66 valence electrons. The highest BCUT2D eigenvalue weighted by Gasteiger charge is 2.17. The first-order chi connectivity index (χ1) is 4.89. The second-order valence-corrected chi connectivity index (χ2v) is 2.51. The van der Waals surface area contributed by atoms with Crippen LogP contribution in [0.15, 0.2) is 12.1 Å². The summed E-state index contributed by atoms with van der Waals surface area (Å²) in [5.41, 5.74) is 0. The van der Waals surface area contributed by atoms with Gasteiger partial charge in [-0.15, -0.1) is 0 Å². The predicted molar refractivity (Wildman–Crippen MR) is 27.4 cm³/mol. The third kappa shape index (κ3) is 3.83. The van der Waals surface area contributed by atoms with Gasteiger partial charge in [-0.1, -0.05) is 0 Å². The standard InChI is InChI=1S/C3H3F3O4S/c1-9-11(7,8)10-3(6)2(4)5/h1H3. The van der Waals surface area contributed by atoms with E-state index in [4.69, 9.17) is 0 Å². The SMILES string of the molecule is COS(=O)(=O)OC(F)=C(F)F. The maximum absolute atomic E-state index is 11.7. The first-order valence-corrected chi connectivity index (χ1v) is 3.43. The van der Waals surface area contributed by atoms with E-state index in [2.05, 4.69) is 8.37 Å². The summed E-state index contributed by atoms with van der Waals surface area (Å²) in [5.74, 6) is 0. The van der Waals surface area contributed by atoms with Crippen molar-refractivity contribution in [2.24, 2.45) is 0 Å². The molecule has 0 aromatic heterocycles. The third-order valence-electron chi connectivity index (χ3n) is 0.528. The highest BCUT2D eigenvalue weighted by atomic mass is 32.3. The smallest absolute Gasteiger partial charge is 0.326 e. The second-order valence-electron chi connectivity index (χ2n) is 1.19. The Morgan fingerprint density at radius 2 is 1.73 bits per heavy atom. The van der Waals surface area contributed by atoms with Crippen LogP contribution in [0.4, 0.5) is 13.2 Å². The molecule has 11 heavy (non-hydrogen) atoms. The Morgan fingerprint density at radius 1 is 1.27 bits per heavy atom. The molecular formula is C3H3F3O4S. The normalized spacial score (nSPS) is 10.9. The molecule has 0 saturated heterocycles. The Morgan fingerprint density at radius 3 is 2.00 bits per heavy atom. The lowest BCUT2D eigenvalue weighted by Gasteiger charge is -1.98. The van der Waals surface area contributed by atoms with Gasteiger partial charge in [-0.2, -0.15) is 21.6 Å². The summed E-state index contributed by atoms with van der Waals surface area (Å²) in [5, 5.41) is 0. The average Bonchev–Trinajstić information content (AvgIpc) is 1.87. The molecule has 0 amide bonds. The van der Waals surface area contributed by atoms with Crippen molar-refractivity contribution in [2.75, 3.05) is 7.11 Å². The van der Waals surface area contributed by atoms with E-state index in [0.29, 0.717) is 7.11 Å². The van der Waals surface area contributed by atoms with Gasteiger partial charge in [0.15, 0.2) is 0 Å². The van der Waals surface area contributed by atoms with Gasteiger partial charge in [0, 0.05) is 0 Å².